The Hall–Kier alpha value is -2.54. The first-order valence-electron chi connectivity index (χ1n) is 8.73. The minimum atomic E-state index is 0.819. The Balaban J connectivity index is 1.69. The highest BCUT2D eigenvalue weighted by Crippen LogP contribution is 2.18. The molecule has 1 heteroatoms. The van der Waals surface area contributed by atoms with Crippen LogP contribution in [0.5, 0.6) is 0 Å². The Morgan fingerprint density at radius 2 is 1.12 bits per heavy atom. The van der Waals surface area contributed by atoms with Crippen LogP contribution in [0.2, 0.25) is 0 Å². The summed E-state index contributed by atoms with van der Waals surface area (Å²) in [4.78, 5) is 0. The van der Waals surface area contributed by atoms with Gasteiger partial charge in [0.05, 0.1) is 0 Å². The van der Waals surface area contributed by atoms with E-state index in [1.54, 1.807) is 0 Å². The molecule has 0 fully saturated rings. The molecule has 0 aliphatic rings. The van der Waals surface area contributed by atoms with Crippen molar-refractivity contribution in [1.82, 2.24) is 0 Å². The maximum absolute atomic E-state index is 5.75. The first kappa shape index (κ1) is 16.3. The van der Waals surface area contributed by atoms with Crippen molar-refractivity contribution in [2.24, 2.45) is 0 Å². The lowest BCUT2D eigenvalue weighted by Crippen LogP contribution is -1.96. The number of hydrogen-bond acceptors (Lipinski definition) is 1. The third kappa shape index (κ3) is 4.26. The van der Waals surface area contributed by atoms with Crippen LogP contribution in [0, 0.1) is 0 Å². The van der Waals surface area contributed by atoms with Gasteiger partial charge in [0.2, 0.25) is 0 Å². The van der Waals surface area contributed by atoms with Gasteiger partial charge in [0.15, 0.2) is 0 Å². The lowest BCUT2D eigenvalue weighted by atomic mass is 9.96. The van der Waals surface area contributed by atoms with Crippen LogP contribution >= 0.6 is 0 Å². The van der Waals surface area contributed by atoms with Crippen molar-refractivity contribution >= 4 is 5.69 Å². The average molecular weight is 315 g/mol. The number of nitrogen functional groups attached to an aromatic ring is 1. The Labute approximate surface area is 145 Å². The van der Waals surface area contributed by atoms with E-state index in [4.69, 9.17) is 5.73 Å². The summed E-state index contributed by atoms with van der Waals surface area (Å²) in [7, 11) is 0. The third-order valence-corrected chi connectivity index (χ3v) is 4.44. The first-order valence-corrected chi connectivity index (χ1v) is 8.73. The molecule has 0 aliphatic carbocycles. The molecule has 1 nitrogen and oxygen atoms in total. The summed E-state index contributed by atoms with van der Waals surface area (Å²) in [6, 6.07) is 25.9. The molecule has 0 atom stereocenters. The predicted molar refractivity (Wildman–Crippen MR) is 103 cm³/mol. The van der Waals surface area contributed by atoms with Crippen molar-refractivity contribution in [3.8, 4) is 0 Å². The van der Waals surface area contributed by atoms with Crippen LogP contribution in [0.4, 0.5) is 5.69 Å². The van der Waals surface area contributed by atoms with Gasteiger partial charge in [-0.3, -0.25) is 0 Å². The smallest absolute Gasteiger partial charge is 0.0314 e. The number of aryl methyl sites for hydroxylation is 1. The van der Waals surface area contributed by atoms with Crippen molar-refractivity contribution in [3.63, 3.8) is 0 Å². The lowest BCUT2D eigenvalue weighted by Gasteiger charge is -2.09. The normalized spacial score (nSPS) is 10.7. The van der Waals surface area contributed by atoms with Gasteiger partial charge in [-0.15, -0.1) is 0 Å². The molecule has 0 aliphatic heterocycles. The summed E-state index contributed by atoms with van der Waals surface area (Å²) in [5, 5.41) is 0. The van der Waals surface area contributed by atoms with E-state index in [0.29, 0.717) is 0 Å². The number of hydrogen-bond donors (Lipinski definition) is 1. The number of benzene rings is 3. The second-order valence-electron chi connectivity index (χ2n) is 6.43. The van der Waals surface area contributed by atoms with Crippen LogP contribution < -0.4 is 5.73 Å². The minimum absolute atomic E-state index is 0.819. The second kappa shape index (κ2) is 7.83. The molecule has 0 saturated heterocycles. The fourth-order valence-corrected chi connectivity index (χ4v) is 3.11. The van der Waals surface area contributed by atoms with E-state index in [1.165, 1.54) is 34.2 Å². The average Bonchev–Trinajstić information content (AvgIpc) is 2.61. The van der Waals surface area contributed by atoms with Crippen molar-refractivity contribution in [3.05, 3.63) is 101 Å². The van der Waals surface area contributed by atoms with Crippen molar-refractivity contribution in [2.75, 3.05) is 5.73 Å². The van der Waals surface area contributed by atoms with Crippen molar-refractivity contribution < 1.29 is 0 Å². The van der Waals surface area contributed by atoms with Crippen LogP contribution in [0.3, 0.4) is 0 Å². The lowest BCUT2D eigenvalue weighted by molar-refractivity contribution is 0.904. The maximum atomic E-state index is 5.75. The van der Waals surface area contributed by atoms with E-state index in [9.17, 15) is 0 Å². The SMILES string of the molecule is CCCc1ccccc1Cc1ccc(Cc2ccc(N)cc2)cc1. The largest absolute Gasteiger partial charge is 0.399 e. The Kier molecular flexibility index (Phi) is 5.32. The van der Waals surface area contributed by atoms with Gasteiger partial charge in [-0.1, -0.05) is 74.0 Å². The Morgan fingerprint density at radius 1 is 0.625 bits per heavy atom. The van der Waals surface area contributed by atoms with Gasteiger partial charge in [-0.25, -0.2) is 0 Å². The summed E-state index contributed by atoms with van der Waals surface area (Å²) in [5.41, 5.74) is 13.5. The molecule has 0 spiro atoms. The van der Waals surface area contributed by atoms with Gasteiger partial charge in [0, 0.05) is 5.69 Å². The summed E-state index contributed by atoms with van der Waals surface area (Å²) < 4.78 is 0. The molecule has 0 radical (unpaired) electrons. The molecule has 0 amide bonds. The quantitative estimate of drug-likeness (QED) is 0.605. The van der Waals surface area contributed by atoms with Crippen LogP contribution in [0.15, 0.2) is 72.8 Å². The minimum Gasteiger partial charge on any atom is -0.399 e. The molecule has 3 rings (SSSR count). The van der Waals surface area contributed by atoms with E-state index in [1.807, 2.05) is 12.1 Å². The second-order valence-corrected chi connectivity index (χ2v) is 6.43. The van der Waals surface area contributed by atoms with Gasteiger partial charge in [0.25, 0.3) is 0 Å². The van der Waals surface area contributed by atoms with E-state index < -0.39 is 0 Å². The fourth-order valence-electron chi connectivity index (χ4n) is 3.11. The zero-order chi connectivity index (χ0) is 16.8. The van der Waals surface area contributed by atoms with E-state index in [2.05, 4.69) is 67.6 Å². The molecular formula is C23H25N. The molecule has 122 valence electrons. The van der Waals surface area contributed by atoms with Gasteiger partial charge in [0.1, 0.15) is 0 Å². The highest BCUT2D eigenvalue weighted by molar-refractivity contribution is 5.41. The van der Waals surface area contributed by atoms with Gasteiger partial charge in [-0.05, 0) is 59.2 Å². The fraction of sp³-hybridized carbons (Fsp3) is 0.217. The maximum Gasteiger partial charge on any atom is 0.0314 e. The summed E-state index contributed by atoms with van der Waals surface area (Å²) in [5.74, 6) is 0. The standard InChI is InChI=1S/C23H25N/c1-2-5-21-6-3-4-7-22(21)17-20-10-8-18(9-11-20)16-19-12-14-23(24)15-13-19/h3-4,6-15H,2,5,16-17,24H2,1H3. The van der Waals surface area contributed by atoms with Gasteiger partial charge >= 0.3 is 0 Å². The third-order valence-electron chi connectivity index (χ3n) is 4.44. The monoisotopic (exact) mass is 315 g/mol. The Morgan fingerprint density at radius 3 is 1.71 bits per heavy atom. The highest BCUT2D eigenvalue weighted by Gasteiger charge is 2.03. The van der Waals surface area contributed by atoms with Gasteiger partial charge < -0.3 is 5.73 Å². The van der Waals surface area contributed by atoms with E-state index in [0.717, 1.165) is 24.9 Å². The zero-order valence-corrected chi connectivity index (χ0v) is 14.3. The molecule has 2 N–H and O–H groups in total. The predicted octanol–water partition coefficient (Wildman–Crippen LogP) is 5.40. The molecule has 0 heterocycles. The van der Waals surface area contributed by atoms with E-state index in [-0.39, 0.29) is 0 Å². The molecule has 0 unspecified atom stereocenters. The van der Waals surface area contributed by atoms with Crippen LogP contribution in [-0.4, -0.2) is 0 Å². The molecule has 0 aromatic heterocycles. The molecule has 24 heavy (non-hydrogen) atoms. The van der Waals surface area contributed by atoms with Gasteiger partial charge in [-0.2, -0.15) is 0 Å². The number of anilines is 1. The van der Waals surface area contributed by atoms with E-state index >= 15 is 0 Å². The molecule has 3 aromatic rings. The van der Waals surface area contributed by atoms with Crippen LogP contribution in [0.25, 0.3) is 0 Å². The Bertz CT molecular complexity index is 770. The number of nitrogens with two attached hydrogens (primary N) is 1. The topological polar surface area (TPSA) is 26.0 Å². The van der Waals surface area contributed by atoms with Crippen LogP contribution in [0.1, 0.15) is 41.2 Å². The molecule has 0 bridgehead atoms. The summed E-state index contributed by atoms with van der Waals surface area (Å²) >= 11 is 0. The van der Waals surface area contributed by atoms with Crippen molar-refractivity contribution in [2.45, 2.75) is 32.6 Å². The molecule has 3 aromatic carbocycles. The molecular weight excluding hydrogens is 290 g/mol. The first-order chi connectivity index (χ1) is 11.7. The molecule has 0 saturated carbocycles. The van der Waals surface area contributed by atoms with Crippen LogP contribution in [-0.2, 0) is 19.3 Å². The summed E-state index contributed by atoms with van der Waals surface area (Å²) in [6.45, 7) is 2.24. The number of rotatable bonds is 6. The zero-order valence-electron chi connectivity index (χ0n) is 14.3. The highest BCUT2D eigenvalue weighted by atomic mass is 14.5. The van der Waals surface area contributed by atoms with Crippen molar-refractivity contribution in [1.29, 1.82) is 0 Å². The summed E-state index contributed by atoms with van der Waals surface area (Å²) in [6.07, 6.45) is 4.31.